The zero-order valence-corrected chi connectivity index (χ0v) is 18.3. The quantitative estimate of drug-likeness (QED) is 0.168. The fourth-order valence-corrected chi connectivity index (χ4v) is 3.45. The van der Waals surface area contributed by atoms with Gasteiger partial charge in [0.25, 0.3) is 0 Å². The van der Waals surface area contributed by atoms with E-state index in [4.69, 9.17) is 16.4 Å². The molecule has 0 spiro atoms. The van der Waals surface area contributed by atoms with E-state index in [2.05, 4.69) is 17.1 Å². The molecule has 0 aliphatic carbocycles. The van der Waals surface area contributed by atoms with Gasteiger partial charge >= 0.3 is 5.97 Å². The molecule has 4 N–H and O–H groups in total. The fourth-order valence-electron chi connectivity index (χ4n) is 3.45. The molecule has 0 amide bonds. The second-order valence-corrected chi connectivity index (χ2v) is 7.58. The minimum absolute atomic E-state index is 0.289. The highest BCUT2D eigenvalue weighted by molar-refractivity contribution is 5.91. The fraction of sp³-hybridized carbons (Fsp3) is 0.240. The van der Waals surface area contributed by atoms with Crippen LogP contribution in [0.15, 0.2) is 71.1 Å². The van der Waals surface area contributed by atoms with E-state index in [1.54, 1.807) is 12.4 Å². The van der Waals surface area contributed by atoms with Gasteiger partial charge in [0.1, 0.15) is 0 Å². The minimum atomic E-state index is -0.289. The van der Waals surface area contributed by atoms with E-state index in [1.165, 1.54) is 0 Å². The smallest absolute Gasteiger partial charge is 0.339 e. The first-order valence-electron chi connectivity index (χ1n) is 10.6. The van der Waals surface area contributed by atoms with Gasteiger partial charge in [0, 0.05) is 18.9 Å². The molecule has 166 valence electrons. The van der Waals surface area contributed by atoms with Crippen LogP contribution in [0.2, 0.25) is 0 Å². The highest BCUT2D eigenvalue weighted by Crippen LogP contribution is 2.19. The maximum Gasteiger partial charge on any atom is 0.339 e. The van der Waals surface area contributed by atoms with Crippen molar-refractivity contribution >= 4 is 18.4 Å². The third kappa shape index (κ3) is 6.31. The van der Waals surface area contributed by atoms with Crippen molar-refractivity contribution in [1.29, 1.82) is 0 Å². The lowest BCUT2D eigenvalue weighted by Crippen LogP contribution is -2.08. The van der Waals surface area contributed by atoms with Crippen LogP contribution in [0.1, 0.15) is 57.9 Å². The molecule has 0 aliphatic heterocycles. The van der Waals surface area contributed by atoms with E-state index in [1.807, 2.05) is 65.5 Å². The largest absolute Gasteiger partial charge is 0.462 e. The zero-order chi connectivity index (χ0) is 22.8. The predicted octanol–water partition coefficient (Wildman–Crippen LogP) is 3.67. The summed E-state index contributed by atoms with van der Waals surface area (Å²) in [6.07, 6.45) is 9.52. The van der Waals surface area contributed by atoms with Gasteiger partial charge in [-0.3, -0.25) is 0 Å². The van der Waals surface area contributed by atoms with Crippen LogP contribution >= 0.6 is 0 Å². The molecule has 7 nitrogen and oxygen atoms in total. The molecule has 0 aliphatic rings. The summed E-state index contributed by atoms with van der Waals surface area (Å²) in [5.41, 5.74) is 5.53. The molecule has 0 saturated carbocycles. The normalized spacial score (nSPS) is 11.4. The van der Waals surface area contributed by atoms with Crippen molar-refractivity contribution in [3.8, 4) is 0 Å². The molecule has 1 aromatic heterocycles. The number of carbonyl (C=O) groups is 1. The monoisotopic (exact) mass is 431 g/mol. The van der Waals surface area contributed by atoms with Crippen LogP contribution in [0.25, 0.3) is 0 Å². The summed E-state index contributed by atoms with van der Waals surface area (Å²) in [6.45, 7) is 3.11. The minimum Gasteiger partial charge on any atom is -0.462 e. The molecule has 0 atom stereocenters. The highest BCUT2D eigenvalue weighted by Gasteiger charge is 2.17. The molecule has 32 heavy (non-hydrogen) atoms. The van der Waals surface area contributed by atoms with Gasteiger partial charge in [-0.15, -0.1) is 0 Å². The molecule has 7 heteroatoms. The summed E-state index contributed by atoms with van der Waals surface area (Å²) in [7, 11) is 0. The summed E-state index contributed by atoms with van der Waals surface area (Å²) in [4.78, 5) is 12.8. The number of nitrogens with two attached hydrogens (primary N) is 2. The number of aromatic nitrogens is 1. The Labute approximate surface area is 188 Å². The van der Waals surface area contributed by atoms with E-state index >= 15 is 0 Å². The highest BCUT2D eigenvalue weighted by atomic mass is 16.5. The number of benzene rings is 2. The number of unbranched alkanes of at least 4 members (excludes halogenated alkanes) is 1. The number of rotatable bonds is 10. The van der Waals surface area contributed by atoms with Crippen molar-refractivity contribution in [2.45, 2.75) is 32.7 Å². The summed E-state index contributed by atoms with van der Waals surface area (Å²) >= 11 is 0. The molecule has 3 aromatic rings. The molecule has 0 radical (unpaired) electrons. The molecular weight excluding hydrogens is 402 g/mol. The first-order valence-corrected chi connectivity index (χ1v) is 10.6. The molecular formula is C25H29N5O2. The van der Waals surface area contributed by atoms with E-state index in [9.17, 15) is 4.79 Å². The SMILES string of the molecule is CCCCOC(=O)c1cn(Cc2cccc(C=NN)c2)cc1Cc1ccc(C=NN)cc1. The topological polar surface area (TPSA) is 108 Å². The van der Waals surface area contributed by atoms with Crippen molar-refractivity contribution in [2.75, 3.05) is 6.61 Å². The maximum absolute atomic E-state index is 12.8. The van der Waals surface area contributed by atoms with Crippen LogP contribution in [-0.2, 0) is 17.7 Å². The Morgan fingerprint density at radius 2 is 1.75 bits per heavy atom. The van der Waals surface area contributed by atoms with E-state index in [0.29, 0.717) is 25.1 Å². The van der Waals surface area contributed by atoms with Crippen LogP contribution in [0.3, 0.4) is 0 Å². The Morgan fingerprint density at radius 3 is 2.47 bits per heavy atom. The van der Waals surface area contributed by atoms with Crippen LogP contribution in [0.4, 0.5) is 0 Å². The van der Waals surface area contributed by atoms with Crippen LogP contribution in [0.5, 0.6) is 0 Å². The molecule has 1 heterocycles. The molecule has 0 saturated heterocycles. The maximum atomic E-state index is 12.8. The third-order valence-corrected chi connectivity index (χ3v) is 5.05. The van der Waals surface area contributed by atoms with Gasteiger partial charge in [0.05, 0.1) is 24.6 Å². The molecule has 0 bridgehead atoms. The van der Waals surface area contributed by atoms with Crippen LogP contribution < -0.4 is 11.7 Å². The average molecular weight is 432 g/mol. The molecule has 3 rings (SSSR count). The molecule has 2 aromatic carbocycles. The van der Waals surface area contributed by atoms with Gasteiger partial charge in [-0.25, -0.2) is 4.79 Å². The van der Waals surface area contributed by atoms with Crippen molar-refractivity contribution < 1.29 is 9.53 Å². The Kier molecular flexibility index (Phi) is 8.20. The second kappa shape index (κ2) is 11.5. The second-order valence-electron chi connectivity index (χ2n) is 7.58. The number of carbonyl (C=O) groups excluding carboxylic acids is 1. The standard InChI is InChI=1S/C25H29N5O2/c1-2-3-11-32-25(31)24-18-30(16-22-6-4-5-21(12-22)15-29-27)17-23(24)13-19-7-9-20(10-8-19)14-28-26/h4-10,12,14-15,17-18H,2-3,11,13,16,26-27H2,1H3. The number of hydrazone groups is 2. The first kappa shape index (κ1) is 22.8. The Morgan fingerprint density at radius 1 is 1.00 bits per heavy atom. The van der Waals surface area contributed by atoms with Gasteiger partial charge in [-0.2, -0.15) is 10.2 Å². The van der Waals surface area contributed by atoms with Crippen molar-refractivity contribution in [2.24, 2.45) is 21.9 Å². The summed E-state index contributed by atoms with van der Waals surface area (Å²) in [5, 5.41) is 7.14. The van der Waals surface area contributed by atoms with Crippen molar-refractivity contribution in [3.05, 3.63) is 94.3 Å². The van der Waals surface area contributed by atoms with E-state index < -0.39 is 0 Å². The van der Waals surface area contributed by atoms with Crippen molar-refractivity contribution in [3.63, 3.8) is 0 Å². The zero-order valence-electron chi connectivity index (χ0n) is 18.3. The van der Waals surface area contributed by atoms with Crippen LogP contribution in [0, 0.1) is 0 Å². The lowest BCUT2D eigenvalue weighted by Gasteiger charge is -2.06. The lowest BCUT2D eigenvalue weighted by atomic mass is 10.0. The Hall–Kier alpha value is -3.87. The van der Waals surface area contributed by atoms with E-state index in [-0.39, 0.29) is 5.97 Å². The van der Waals surface area contributed by atoms with Gasteiger partial charge in [0.2, 0.25) is 0 Å². The predicted molar refractivity (Wildman–Crippen MR) is 128 cm³/mol. The summed E-state index contributed by atoms with van der Waals surface area (Å²) in [5.74, 6) is 10.2. The van der Waals surface area contributed by atoms with Crippen molar-refractivity contribution in [1.82, 2.24) is 4.57 Å². The van der Waals surface area contributed by atoms with Gasteiger partial charge in [-0.05, 0) is 46.7 Å². The number of esters is 1. The Bertz CT molecular complexity index is 1080. The molecule has 0 fully saturated rings. The Balaban J connectivity index is 1.85. The number of ether oxygens (including phenoxy) is 1. The lowest BCUT2D eigenvalue weighted by molar-refractivity contribution is 0.0498. The van der Waals surface area contributed by atoms with Gasteiger partial charge in [-0.1, -0.05) is 55.8 Å². The van der Waals surface area contributed by atoms with Crippen LogP contribution in [-0.4, -0.2) is 29.6 Å². The number of hydrogen-bond donors (Lipinski definition) is 2. The van der Waals surface area contributed by atoms with Gasteiger partial charge in [0.15, 0.2) is 0 Å². The number of hydrogen-bond acceptors (Lipinski definition) is 6. The number of nitrogens with zero attached hydrogens (tertiary/aromatic N) is 3. The average Bonchev–Trinajstić information content (AvgIpc) is 3.18. The molecule has 0 unspecified atom stereocenters. The third-order valence-electron chi connectivity index (χ3n) is 5.05. The first-order chi connectivity index (χ1) is 15.6. The summed E-state index contributed by atoms with van der Waals surface area (Å²) in [6, 6.07) is 15.9. The van der Waals surface area contributed by atoms with Gasteiger partial charge < -0.3 is 21.0 Å². The van der Waals surface area contributed by atoms with E-state index in [0.717, 1.165) is 40.7 Å². The summed E-state index contributed by atoms with van der Waals surface area (Å²) < 4.78 is 7.51.